The first-order valence-electron chi connectivity index (χ1n) is 10.4. The molecule has 0 unspecified atom stereocenters. The van der Waals surface area contributed by atoms with E-state index in [0.29, 0.717) is 31.2 Å². The van der Waals surface area contributed by atoms with Crippen LogP contribution in [-0.2, 0) is 11.0 Å². The van der Waals surface area contributed by atoms with Crippen LogP contribution in [0.15, 0.2) is 48.7 Å². The number of rotatable bonds is 2. The fraction of sp³-hybridized carbons (Fsp3) is 0.435. The normalized spacial score (nSPS) is 26.6. The fourth-order valence-corrected chi connectivity index (χ4v) is 4.86. The smallest absolute Gasteiger partial charge is 0.349 e. The van der Waals surface area contributed by atoms with E-state index in [1.165, 1.54) is 12.3 Å². The SMILES string of the molecule is C[C@]12C[C@@H](c3cccc(C(F)(F)F)c3)N(C(=O)c3ccccn3)[C@H]1CCCCC(=O)N2. The van der Waals surface area contributed by atoms with Crippen LogP contribution in [0.2, 0.25) is 0 Å². The molecule has 5 nitrogen and oxygen atoms in total. The van der Waals surface area contributed by atoms with Gasteiger partial charge < -0.3 is 10.2 Å². The third kappa shape index (κ3) is 4.16. The van der Waals surface area contributed by atoms with E-state index in [2.05, 4.69) is 10.3 Å². The van der Waals surface area contributed by atoms with E-state index in [1.807, 2.05) is 6.92 Å². The summed E-state index contributed by atoms with van der Waals surface area (Å²) in [5, 5.41) is 3.06. The van der Waals surface area contributed by atoms with E-state index < -0.39 is 23.3 Å². The van der Waals surface area contributed by atoms with Crippen LogP contribution in [0, 0.1) is 0 Å². The maximum atomic E-state index is 13.5. The second-order valence-corrected chi connectivity index (χ2v) is 8.50. The molecule has 0 aliphatic carbocycles. The molecule has 2 fully saturated rings. The third-order valence-electron chi connectivity index (χ3n) is 6.30. The van der Waals surface area contributed by atoms with E-state index >= 15 is 0 Å². The number of pyridine rings is 1. The summed E-state index contributed by atoms with van der Waals surface area (Å²) >= 11 is 0. The van der Waals surface area contributed by atoms with Gasteiger partial charge in [-0.3, -0.25) is 14.6 Å². The van der Waals surface area contributed by atoms with Crippen molar-refractivity contribution in [3.8, 4) is 0 Å². The van der Waals surface area contributed by atoms with Crippen molar-refractivity contribution in [2.75, 3.05) is 0 Å². The van der Waals surface area contributed by atoms with Crippen LogP contribution in [0.5, 0.6) is 0 Å². The molecule has 0 bridgehead atoms. The number of hydrogen-bond donors (Lipinski definition) is 1. The highest BCUT2D eigenvalue weighted by atomic mass is 19.4. The van der Waals surface area contributed by atoms with Gasteiger partial charge in [-0.1, -0.05) is 24.6 Å². The molecule has 164 valence electrons. The summed E-state index contributed by atoms with van der Waals surface area (Å²) < 4.78 is 40.1. The van der Waals surface area contributed by atoms with Crippen molar-refractivity contribution in [3.05, 3.63) is 65.5 Å². The van der Waals surface area contributed by atoms with Crippen LogP contribution in [0.25, 0.3) is 0 Å². The summed E-state index contributed by atoms with van der Waals surface area (Å²) in [6.45, 7) is 1.88. The second kappa shape index (κ2) is 7.98. The summed E-state index contributed by atoms with van der Waals surface area (Å²) in [5.74, 6) is -0.436. The van der Waals surface area contributed by atoms with Crippen LogP contribution in [0.4, 0.5) is 13.2 Å². The van der Waals surface area contributed by atoms with Gasteiger partial charge in [-0.2, -0.15) is 13.2 Å². The lowest BCUT2D eigenvalue weighted by Gasteiger charge is -2.38. The van der Waals surface area contributed by atoms with Gasteiger partial charge in [-0.05, 0) is 56.0 Å². The number of amides is 2. The first-order valence-corrected chi connectivity index (χ1v) is 10.4. The van der Waals surface area contributed by atoms with Crippen molar-refractivity contribution >= 4 is 11.8 Å². The molecule has 2 saturated heterocycles. The Kier molecular flexibility index (Phi) is 5.49. The molecule has 3 heterocycles. The highest BCUT2D eigenvalue weighted by molar-refractivity contribution is 5.93. The molecule has 1 aromatic heterocycles. The highest BCUT2D eigenvalue weighted by Crippen LogP contribution is 2.46. The van der Waals surface area contributed by atoms with E-state index in [9.17, 15) is 22.8 Å². The molecule has 3 atom stereocenters. The van der Waals surface area contributed by atoms with E-state index in [4.69, 9.17) is 0 Å². The molecule has 1 N–H and O–H groups in total. The number of halogens is 3. The molecule has 4 rings (SSSR count). The predicted molar refractivity (Wildman–Crippen MR) is 108 cm³/mol. The number of aromatic nitrogens is 1. The first-order chi connectivity index (χ1) is 14.7. The lowest BCUT2D eigenvalue weighted by Crippen LogP contribution is -2.56. The van der Waals surface area contributed by atoms with Crippen molar-refractivity contribution < 1.29 is 22.8 Å². The average Bonchev–Trinajstić information content (AvgIpc) is 3.01. The van der Waals surface area contributed by atoms with Crippen molar-refractivity contribution in [2.24, 2.45) is 0 Å². The number of carbonyl (C=O) groups is 2. The van der Waals surface area contributed by atoms with Crippen LogP contribution in [-0.4, -0.2) is 33.3 Å². The minimum Gasteiger partial charge on any atom is -0.349 e. The second-order valence-electron chi connectivity index (χ2n) is 8.50. The van der Waals surface area contributed by atoms with E-state index in [0.717, 1.165) is 18.6 Å². The molecule has 2 amide bonds. The number of likely N-dealkylation sites (tertiary alicyclic amines) is 1. The van der Waals surface area contributed by atoms with Crippen LogP contribution < -0.4 is 5.32 Å². The Bertz CT molecular complexity index is 980. The molecular formula is C23H24F3N3O2. The molecule has 2 aliphatic rings. The molecule has 8 heteroatoms. The highest BCUT2D eigenvalue weighted by Gasteiger charge is 2.53. The maximum absolute atomic E-state index is 13.5. The van der Waals surface area contributed by atoms with Crippen LogP contribution >= 0.6 is 0 Å². The molecule has 0 saturated carbocycles. The number of nitrogens with zero attached hydrogens (tertiary/aromatic N) is 2. The van der Waals surface area contributed by atoms with Gasteiger partial charge in [-0.15, -0.1) is 0 Å². The van der Waals surface area contributed by atoms with Crippen molar-refractivity contribution in [1.82, 2.24) is 15.2 Å². The number of alkyl halides is 3. The molecule has 2 aliphatic heterocycles. The van der Waals surface area contributed by atoms with Gasteiger partial charge in [0.25, 0.3) is 5.91 Å². The molecule has 1 aromatic carbocycles. The molecule has 0 radical (unpaired) electrons. The minimum absolute atomic E-state index is 0.0953. The Balaban J connectivity index is 1.80. The van der Waals surface area contributed by atoms with Gasteiger partial charge in [0.1, 0.15) is 5.69 Å². The first kappa shape index (κ1) is 21.3. The summed E-state index contributed by atoms with van der Waals surface area (Å²) in [4.78, 5) is 31.7. The van der Waals surface area contributed by atoms with Gasteiger partial charge in [-0.25, -0.2) is 0 Å². The largest absolute Gasteiger partial charge is 0.416 e. The van der Waals surface area contributed by atoms with Gasteiger partial charge >= 0.3 is 6.18 Å². The Hall–Kier alpha value is -2.90. The Morgan fingerprint density at radius 2 is 2.00 bits per heavy atom. The zero-order valence-corrected chi connectivity index (χ0v) is 17.2. The Labute approximate surface area is 178 Å². The molecule has 2 aromatic rings. The van der Waals surface area contributed by atoms with Crippen molar-refractivity contribution in [1.29, 1.82) is 0 Å². The third-order valence-corrected chi connectivity index (χ3v) is 6.30. The maximum Gasteiger partial charge on any atom is 0.416 e. The average molecular weight is 431 g/mol. The van der Waals surface area contributed by atoms with E-state index in [1.54, 1.807) is 29.2 Å². The lowest BCUT2D eigenvalue weighted by molar-refractivity contribution is -0.137. The standard InChI is InChI=1S/C23H24F3N3O2/c1-22-14-18(15-7-6-8-16(13-15)23(24,25)26)29(21(31)17-9-4-5-12-27-17)19(22)10-2-3-11-20(30)28-22/h4-9,12-13,18-19H,2-3,10-11,14H2,1H3,(H,28,30)/t18-,19-,22-/m0/s1. The monoisotopic (exact) mass is 431 g/mol. The Morgan fingerprint density at radius 1 is 1.19 bits per heavy atom. The van der Waals surface area contributed by atoms with Gasteiger partial charge in [0.2, 0.25) is 5.91 Å². The molecule has 31 heavy (non-hydrogen) atoms. The molecule has 0 spiro atoms. The van der Waals surface area contributed by atoms with Crippen molar-refractivity contribution in [3.63, 3.8) is 0 Å². The topological polar surface area (TPSA) is 62.3 Å². The number of carbonyl (C=O) groups excluding carboxylic acids is 2. The minimum atomic E-state index is -4.48. The Morgan fingerprint density at radius 3 is 2.71 bits per heavy atom. The summed E-state index contributed by atoms with van der Waals surface area (Å²) in [5.41, 5.74) is -0.854. The molecular weight excluding hydrogens is 407 g/mol. The zero-order chi connectivity index (χ0) is 22.2. The number of nitrogens with one attached hydrogen (secondary N) is 1. The van der Waals surface area contributed by atoms with Gasteiger partial charge in [0.15, 0.2) is 0 Å². The van der Waals surface area contributed by atoms with Crippen molar-refractivity contribution in [2.45, 2.75) is 62.8 Å². The van der Waals surface area contributed by atoms with Gasteiger partial charge in [0.05, 0.1) is 23.2 Å². The zero-order valence-electron chi connectivity index (χ0n) is 17.2. The quantitative estimate of drug-likeness (QED) is 0.761. The lowest BCUT2D eigenvalue weighted by atomic mass is 9.85. The van der Waals surface area contributed by atoms with Crippen LogP contribution in [0.3, 0.4) is 0 Å². The predicted octanol–water partition coefficient (Wildman–Crippen LogP) is 4.51. The summed E-state index contributed by atoms with van der Waals surface area (Å²) in [6.07, 6.45) is -0.0992. The van der Waals surface area contributed by atoms with Crippen LogP contribution in [0.1, 0.15) is 66.7 Å². The number of hydrogen-bond acceptors (Lipinski definition) is 3. The number of fused-ring (bicyclic) bond motifs is 1. The van der Waals surface area contributed by atoms with Gasteiger partial charge in [0, 0.05) is 12.6 Å². The number of benzene rings is 1. The fourth-order valence-electron chi connectivity index (χ4n) is 4.86. The van der Waals surface area contributed by atoms with E-state index in [-0.39, 0.29) is 23.6 Å². The summed E-state index contributed by atoms with van der Waals surface area (Å²) in [7, 11) is 0. The summed E-state index contributed by atoms with van der Waals surface area (Å²) in [6, 6.07) is 9.16.